The summed E-state index contributed by atoms with van der Waals surface area (Å²) in [6, 6.07) is 8.46. The summed E-state index contributed by atoms with van der Waals surface area (Å²) >= 11 is 0. The second-order valence-corrected chi connectivity index (χ2v) is 10.3. The molecule has 45 heavy (non-hydrogen) atoms. The molecule has 238 valence electrons. The van der Waals surface area contributed by atoms with Gasteiger partial charge in [0.05, 0.1) is 18.3 Å². The van der Waals surface area contributed by atoms with E-state index in [2.05, 4.69) is 20.6 Å². The van der Waals surface area contributed by atoms with Gasteiger partial charge in [0.1, 0.15) is 30.1 Å². The van der Waals surface area contributed by atoms with Gasteiger partial charge in [-0.2, -0.15) is 0 Å². The van der Waals surface area contributed by atoms with Crippen molar-refractivity contribution in [3.05, 3.63) is 78.6 Å². The van der Waals surface area contributed by atoms with Crippen molar-refractivity contribution < 1.29 is 42.3 Å². The number of hydrogen-bond donors (Lipinski definition) is 1. The summed E-state index contributed by atoms with van der Waals surface area (Å²) in [6.45, 7) is 2.11. The first-order valence-corrected chi connectivity index (χ1v) is 14.0. The minimum Gasteiger partial charge on any atom is -0.434 e. The molecule has 0 spiro atoms. The summed E-state index contributed by atoms with van der Waals surface area (Å²) < 4.78 is 48.2. The van der Waals surface area contributed by atoms with Crippen molar-refractivity contribution in [1.82, 2.24) is 34.9 Å². The zero-order valence-electron chi connectivity index (χ0n) is 24.6. The minimum atomic E-state index is -2.06. The average Bonchev–Trinajstić information content (AvgIpc) is 3.80. The van der Waals surface area contributed by atoms with E-state index in [9.17, 15) is 19.1 Å². The predicted molar refractivity (Wildman–Crippen MR) is 150 cm³/mol. The number of tetrazole rings is 1. The fraction of sp³-hybridized carbons (Fsp3) is 0.393. The third-order valence-corrected chi connectivity index (χ3v) is 7.45. The van der Waals surface area contributed by atoms with Crippen LogP contribution < -0.4 is 9.47 Å². The molecule has 5 rings (SSSR count). The second-order valence-electron chi connectivity index (χ2n) is 10.3. The Labute approximate surface area is 256 Å². The van der Waals surface area contributed by atoms with Crippen molar-refractivity contribution in [3.8, 4) is 5.69 Å². The summed E-state index contributed by atoms with van der Waals surface area (Å²) in [5, 5.41) is 27.4. The van der Waals surface area contributed by atoms with Gasteiger partial charge in [-0.3, -0.25) is 4.90 Å². The number of amides is 2. The first kappa shape index (κ1) is 31.4. The molecule has 1 fully saturated rings. The number of hydrogen-bond acceptors (Lipinski definition) is 10. The molecule has 1 aliphatic rings. The van der Waals surface area contributed by atoms with E-state index in [4.69, 9.17) is 14.2 Å². The molecule has 2 amide bonds. The number of ether oxygens (including phenoxy) is 3. The number of carbonyl (C=O) groups excluding carboxylic acids is 2. The van der Waals surface area contributed by atoms with Crippen molar-refractivity contribution in [2.45, 2.75) is 38.3 Å². The van der Waals surface area contributed by atoms with Gasteiger partial charge in [-0.25, -0.2) is 27.6 Å². The van der Waals surface area contributed by atoms with Crippen molar-refractivity contribution >= 4 is 17.9 Å². The zero-order valence-corrected chi connectivity index (χ0v) is 24.6. The smallest absolute Gasteiger partial charge is 0.434 e. The van der Waals surface area contributed by atoms with E-state index >= 15 is 4.39 Å². The molecule has 1 saturated heterocycles. The number of nitrogens with zero attached hydrogens (tertiary/aromatic N) is 9. The van der Waals surface area contributed by atoms with Gasteiger partial charge in [0.2, 0.25) is 13.1 Å². The lowest BCUT2D eigenvalue weighted by atomic mass is 9.85. The number of rotatable bonds is 13. The molecular formula is C28H32F2N9O6+. The van der Waals surface area contributed by atoms with Crippen molar-refractivity contribution in [2.75, 3.05) is 38.3 Å². The fourth-order valence-corrected chi connectivity index (χ4v) is 5.04. The minimum absolute atomic E-state index is 0.128. The largest absolute Gasteiger partial charge is 0.511 e. The predicted octanol–water partition coefficient (Wildman–Crippen LogP) is 1.79. The van der Waals surface area contributed by atoms with Crippen LogP contribution in [0.2, 0.25) is 0 Å². The molecule has 0 saturated carbocycles. The van der Waals surface area contributed by atoms with E-state index in [1.54, 1.807) is 31.2 Å². The van der Waals surface area contributed by atoms with Gasteiger partial charge in [0.25, 0.3) is 6.33 Å². The molecule has 0 bridgehead atoms. The monoisotopic (exact) mass is 628 g/mol. The first-order chi connectivity index (χ1) is 21.7. The third kappa shape index (κ3) is 7.04. The van der Waals surface area contributed by atoms with E-state index in [1.807, 2.05) is 0 Å². The molecule has 1 N–H and O–H groups in total. The Hall–Kier alpha value is -5.03. The molecule has 0 unspecified atom stereocenters. The summed E-state index contributed by atoms with van der Waals surface area (Å²) in [7, 11) is 1.54. The van der Waals surface area contributed by atoms with Crippen LogP contribution in [0.3, 0.4) is 0 Å². The van der Waals surface area contributed by atoms with Crippen molar-refractivity contribution in [1.29, 1.82) is 0 Å². The number of urea groups is 1. The van der Waals surface area contributed by atoms with Crippen LogP contribution in [-0.4, -0.2) is 91.6 Å². The van der Waals surface area contributed by atoms with Gasteiger partial charge in [0, 0.05) is 55.6 Å². The number of anilines is 1. The molecule has 2 aromatic heterocycles. The van der Waals surface area contributed by atoms with Crippen molar-refractivity contribution in [3.63, 3.8) is 0 Å². The summed E-state index contributed by atoms with van der Waals surface area (Å²) in [6.07, 6.45) is 3.85. The van der Waals surface area contributed by atoms with Gasteiger partial charge in [-0.15, -0.1) is 9.78 Å². The van der Waals surface area contributed by atoms with Crippen LogP contribution in [0, 0.1) is 11.6 Å². The Morgan fingerprint density at radius 2 is 1.89 bits per heavy atom. The SMILES string of the molecule is COCCCOC(=O)OC[n+]1cnn(C[C@](O)(c2ccc(F)cc2F)[C@@H](C)N2CCN(c3ccc(-n4cnnn4)cc3)C2=O)c1. The highest BCUT2D eigenvalue weighted by atomic mass is 19.1. The highest BCUT2D eigenvalue weighted by Gasteiger charge is 2.47. The lowest BCUT2D eigenvalue weighted by Gasteiger charge is -2.38. The molecule has 2 atom stereocenters. The van der Waals surface area contributed by atoms with Gasteiger partial charge in [0.15, 0.2) is 0 Å². The number of aliphatic hydroxyl groups is 1. The molecule has 3 heterocycles. The Bertz CT molecular complexity index is 1600. The van der Waals surface area contributed by atoms with Gasteiger partial charge in [-0.05, 0) is 47.7 Å². The molecule has 4 aromatic rings. The van der Waals surface area contributed by atoms with E-state index < -0.39 is 35.5 Å². The van der Waals surface area contributed by atoms with Crippen LogP contribution in [-0.2, 0) is 33.1 Å². The Kier molecular flexibility index (Phi) is 9.58. The summed E-state index contributed by atoms with van der Waals surface area (Å²) in [4.78, 5) is 28.5. The van der Waals surface area contributed by atoms with Crippen LogP contribution in [0.4, 0.5) is 24.1 Å². The fourth-order valence-electron chi connectivity index (χ4n) is 5.04. The summed E-state index contributed by atoms with van der Waals surface area (Å²) in [5.74, 6) is -1.80. The van der Waals surface area contributed by atoms with E-state index in [1.165, 1.54) is 49.8 Å². The standard InChI is InChI=1S/C28H32F2N9O6/c1-20(37-10-11-38(26(37)40)22-5-7-23(8-6-22)39-16-31-33-34-39)28(42,24-9-4-21(29)14-25(24)30)15-36-18-35(17-32-36)19-45-27(41)44-13-3-12-43-2/h4-9,14,16-18,20,42H,3,10-13,15,19H2,1-2H3/q+1/t20-,28-/m1/s1. The van der Waals surface area contributed by atoms with Gasteiger partial charge >= 0.3 is 12.2 Å². The normalized spacial score (nSPS) is 15.3. The van der Waals surface area contributed by atoms with Crippen LogP contribution in [0.25, 0.3) is 5.69 Å². The molecule has 15 nitrogen and oxygen atoms in total. The van der Waals surface area contributed by atoms with Gasteiger partial charge < -0.3 is 24.2 Å². The lowest BCUT2D eigenvalue weighted by molar-refractivity contribution is -0.728. The number of halogens is 2. The third-order valence-electron chi connectivity index (χ3n) is 7.45. The maximum Gasteiger partial charge on any atom is 0.511 e. The summed E-state index contributed by atoms with van der Waals surface area (Å²) in [5.41, 5.74) is -0.972. The molecule has 0 aliphatic carbocycles. The highest BCUT2D eigenvalue weighted by Crippen LogP contribution is 2.35. The second kappa shape index (κ2) is 13.7. The van der Waals surface area contributed by atoms with E-state index in [-0.39, 0.29) is 32.0 Å². The molecule has 2 aromatic carbocycles. The van der Waals surface area contributed by atoms with Crippen LogP contribution in [0.1, 0.15) is 18.9 Å². The lowest BCUT2D eigenvalue weighted by Crippen LogP contribution is -2.53. The Morgan fingerprint density at radius 3 is 2.60 bits per heavy atom. The van der Waals surface area contributed by atoms with Crippen LogP contribution in [0.5, 0.6) is 0 Å². The van der Waals surface area contributed by atoms with Crippen molar-refractivity contribution in [2.24, 2.45) is 0 Å². The first-order valence-electron chi connectivity index (χ1n) is 14.0. The quantitative estimate of drug-likeness (QED) is 0.132. The zero-order chi connectivity index (χ0) is 32.0. The van der Waals surface area contributed by atoms with Gasteiger partial charge in [-0.1, -0.05) is 6.07 Å². The number of methoxy groups -OCH3 is 1. The van der Waals surface area contributed by atoms with E-state index in [0.29, 0.717) is 37.0 Å². The maximum absolute atomic E-state index is 15.2. The number of carbonyl (C=O) groups is 2. The number of benzene rings is 2. The molecule has 0 radical (unpaired) electrons. The highest BCUT2D eigenvalue weighted by molar-refractivity contribution is 5.94. The molecule has 17 heteroatoms. The Morgan fingerprint density at radius 1 is 1.11 bits per heavy atom. The van der Waals surface area contributed by atoms with Crippen LogP contribution >= 0.6 is 0 Å². The van der Waals surface area contributed by atoms with Crippen LogP contribution in [0.15, 0.2) is 61.4 Å². The molecular weight excluding hydrogens is 596 g/mol. The number of aromatic nitrogens is 7. The average molecular weight is 629 g/mol. The van der Waals surface area contributed by atoms with E-state index in [0.717, 1.165) is 12.1 Å². The molecule has 1 aliphatic heterocycles. The maximum atomic E-state index is 15.2. The topological polar surface area (TPSA) is 154 Å². The Balaban J connectivity index is 1.32.